The molecule has 0 rings (SSSR count). The predicted molar refractivity (Wildman–Crippen MR) is 127 cm³/mol. The van der Waals surface area contributed by atoms with E-state index in [0.717, 1.165) is 38.1 Å². The number of hydrogen-bond acceptors (Lipinski definition) is 2. The number of hydrogen-bond donors (Lipinski definition) is 0. The first-order valence-electron chi connectivity index (χ1n) is 12.5. The van der Waals surface area contributed by atoms with Crippen LogP contribution in [-0.4, -0.2) is 21.8 Å². The molecule has 3 heteroatoms. The maximum atomic E-state index is 6.36. The molecule has 166 valence electrons. The van der Waals surface area contributed by atoms with Gasteiger partial charge in [-0.25, -0.2) is 0 Å². The van der Waals surface area contributed by atoms with Gasteiger partial charge in [0.05, 0.1) is 0 Å². The van der Waals surface area contributed by atoms with E-state index in [2.05, 4.69) is 39.5 Å². The summed E-state index contributed by atoms with van der Waals surface area (Å²) >= 11 is 0. The van der Waals surface area contributed by atoms with Gasteiger partial charge in [0.15, 0.2) is 0 Å². The molecular formula is C25H50O2Si. The van der Waals surface area contributed by atoms with E-state index in [1.165, 1.54) is 83.5 Å². The molecule has 0 heterocycles. The van der Waals surface area contributed by atoms with Crippen LogP contribution in [0.25, 0.3) is 0 Å². The van der Waals surface area contributed by atoms with Crippen molar-refractivity contribution in [2.45, 2.75) is 136 Å². The maximum absolute atomic E-state index is 6.36. The molecule has 0 aliphatic heterocycles. The Labute approximate surface area is 178 Å². The van der Waals surface area contributed by atoms with Crippen LogP contribution in [0.5, 0.6) is 0 Å². The summed E-state index contributed by atoms with van der Waals surface area (Å²) in [6.07, 6.45) is 19.2. The first kappa shape index (κ1) is 27.7. The highest BCUT2D eigenvalue weighted by atomic mass is 28.4. The lowest BCUT2D eigenvalue weighted by Gasteiger charge is -2.29. The molecule has 0 unspecified atom stereocenters. The van der Waals surface area contributed by atoms with Crippen LogP contribution >= 0.6 is 0 Å². The lowest BCUT2D eigenvalue weighted by atomic mass is 10.1. The van der Waals surface area contributed by atoms with Gasteiger partial charge in [-0.1, -0.05) is 91.9 Å². The Morgan fingerprint density at radius 3 is 1.46 bits per heavy atom. The second-order valence-corrected chi connectivity index (χ2v) is 11.8. The van der Waals surface area contributed by atoms with Gasteiger partial charge in [0.2, 0.25) is 0 Å². The minimum absolute atomic E-state index is 0.896. The molecule has 0 fully saturated rings. The van der Waals surface area contributed by atoms with Crippen molar-refractivity contribution >= 4 is 8.56 Å². The van der Waals surface area contributed by atoms with Gasteiger partial charge in [0.25, 0.3) is 0 Å². The molecule has 0 spiro atoms. The average molecular weight is 411 g/mol. The Morgan fingerprint density at radius 1 is 0.536 bits per heavy atom. The fourth-order valence-corrected chi connectivity index (χ4v) is 5.94. The molecule has 0 aromatic carbocycles. The molecule has 0 aliphatic carbocycles. The highest BCUT2D eigenvalue weighted by Crippen LogP contribution is 2.20. The van der Waals surface area contributed by atoms with Crippen LogP contribution in [0.1, 0.15) is 124 Å². The van der Waals surface area contributed by atoms with Crippen LogP contribution in [0.15, 0.2) is 0 Å². The molecule has 28 heavy (non-hydrogen) atoms. The molecule has 0 saturated carbocycles. The quantitative estimate of drug-likeness (QED) is 0.114. The summed E-state index contributed by atoms with van der Waals surface area (Å²) in [5.74, 6) is 6.38. The van der Waals surface area contributed by atoms with Gasteiger partial charge in [-0.2, -0.15) is 0 Å². The minimum atomic E-state index is -1.93. The SMILES string of the molecule is CCC#CCCCCCCCCO[Si](CC)(CC)OCCCCCCCCC. The lowest BCUT2D eigenvalue weighted by Crippen LogP contribution is -2.41. The molecule has 0 aromatic heterocycles. The number of unbranched alkanes of at least 4 members (excludes halogenated alkanes) is 12. The van der Waals surface area contributed by atoms with Crippen LogP contribution in [-0.2, 0) is 8.85 Å². The van der Waals surface area contributed by atoms with Crippen LogP contribution in [0, 0.1) is 11.8 Å². The van der Waals surface area contributed by atoms with Gasteiger partial charge in [0.1, 0.15) is 0 Å². The fourth-order valence-electron chi connectivity index (χ4n) is 3.51. The summed E-state index contributed by atoms with van der Waals surface area (Å²) in [4.78, 5) is 0. The molecule has 0 radical (unpaired) electrons. The van der Waals surface area contributed by atoms with Crippen LogP contribution in [0.4, 0.5) is 0 Å². The van der Waals surface area contributed by atoms with Crippen molar-refractivity contribution in [2.24, 2.45) is 0 Å². The molecule has 0 atom stereocenters. The molecule has 0 aliphatic rings. The van der Waals surface area contributed by atoms with E-state index in [9.17, 15) is 0 Å². The van der Waals surface area contributed by atoms with Crippen molar-refractivity contribution in [3.63, 3.8) is 0 Å². The molecule has 0 N–H and O–H groups in total. The monoisotopic (exact) mass is 410 g/mol. The molecule has 0 aromatic rings. The Bertz CT molecular complexity index is 368. The van der Waals surface area contributed by atoms with Gasteiger partial charge in [-0.3, -0.25) is 0 Å². The Kier molecular flexibility index (Phi) is 21.2. The Hall–Kier alpha value is -0.303. The largest absolute Gasteiger partial charge is 0.394 e. The smallest absolute Gasteiger partial charge is 0.337 e. The van der Waals surface area contributed by atoms with Gasteiger partial charge in [-0.15, -0.1) is 11.8 Å². The van der Waals surface area contributed by atoms with Crippen molar-refractivity contribution in [1.82, 2.24) is 0 Å². The van der Waals surface area contributed by atoms with E-state index in [0.29, 0.717) is 0 Å². The zero-order valence-electron chi connectivity index (χ0n) is 19.8. The van der Waals surface area contributed by atoms with Crippen molar-refractivity contribution in [3.8, 4) is 11.8 Å². The third-order valence-corrected chi connectivity index (χ3v) is 9.17. The van der Waals surface area contributed by atoms with E-state index >= 15 is 0 Å². The van der Waals surface area contributed by atoms with Gasteiger partial charge < -0.3 is 8.85 Å². The zero-order valence-corrected chi connectivity index (χ0v) is 20.8. The summed E-state index contributed by atoms with van der Waals surface area (Å²) in [5.41, 5.74) is 0. The van der Waals surface area contributed by atoms with Crippen LogP contribution in [0.3, 0.4) is 0 Å². The topological polar surface area (TPSA) is 18.5 Å². The molecular weight excluding hydrogens is 360 g/mol. The summed E-state index contributed by atoms with van der Waals surface area (Å²) in [6.45, 7) is 10.7. The average Bonchev–Trinajstić information content (AvgIpc) is 2.72. The fraction of sp³-hybridized carbons (Fsp3) is 0.920. The van der Waals surface area contributed by atoms with Gasteiger partial charge in [-0.05, 0) is 31.4 Å². The Balaban J connectivity index is 3.68. The summed E-state index contributed by atoms with van der Waals surface area (Å²) in [5, 5.41) is 0. The zero-order chi connectivity index (χ0) is 20.8. The minimum Gasteiger partial charge on any atom is -0.394 e. The van der Waals surface area contributed by atoms with E-state index in [1.807, 2.05) is 0 Å². The number of rotatable bonds is 20. The van der Waals surface area contributed by atoms with E-state index in [1.54, 1.807) is 0 Å². The van der Waals surface area contributed by atoms with Gasteiger partial charge >= 0.3 is 8.56 Å². The summed E-state index contributed by atoms with van der Waals surface area (Å²) in [6, 6.07) is 2.16. The van der Waals surface area contributed by atoms with Crippen molar-refractivity contribution in [2.75, 3.05) is 13.2 Å². The highest BCUT2D eigenvalue weighted by molar-refractivity contribution is 6.67. The van der Waals surface area contributed by atoms with E-state index in [4.69, 9.17) is 8.85 Å². The van der Waals surface area contributed by atoms with Crippen LogP contribution in [0.2, 0.25) is 12.1 Å². The molecule has 0 saturated heterocycles. The predicted octanol–water partition coefficient (Wildman–Crippen LogP) is 8.40. The third-order valence-electron chi connectivity index (χ3n) is 5.55. The normalized spacial score (nSPS) is 11.4. The highest BCUT2D eigenvalue weighted by Gasteiger charge is 2.33. The molecule has 0 bridgehead atoms. The standard InChI is InChI=1S/C25H50O2Si/c1-5-9-11-13-15-16-17-19-21-23-25-27-28(7-3,8-4)26-24-22-20-18-14-12-10-6-2/h5-8,10,12-25H2,1-4H3. The summed E-state index contributed by atoms with van der Waals surface area (Å²) < 4.78 is 12.7. The third kappa shape index (κ3) is 16.6. The molecule has 0 amide bonds. The summed E-state index contributed by atoms with van der Waals surface area (Å²) in [7, 11) is -1.93. The second-order valence-electron chi connectivity index (χ2n) is 8.01. The Morgan fingerprint density at radius 2 is 1.00 bits per heavy atom. The maximum Gasteiger partial charge on any atom is 0.337 e. The first-order chi connectivity index (χ1) is 13.7. The molecule has 2 nitrogen and oxygen atoms in total. The van der Waals surface area contributed by atoms with Crippen LogP contribution < -0.4 is 0 Å². The van der Waals surface area contributed by atoms with Crippen molar-refractivity contribution in [1.29, 1.82) is 0 Å². The first-order valence-corrected chi connectivity index (χ1v) is 14.7. The second kappa shape index (κ2) is 21.4. The lowest BCUT2D eigenvalue weighted by molar-refractivity contribution is 0.163. The van der Waals surface area contributed by atoms with E-state index in [-0.39, 0.29) is 0 Å². The van der Waals surface area contributed by atoms with E-state index < -0.39 is 8.56 Å². The van der Waals surface area contributed by atoms with Gasteiger partial charge in [0, 0.05) is 26.1 Å². The van der Waals surface area contributed by atoms with Crippen molar-refractivity contribution < 1.29 is 8.85 Å². The van der Waals surface area contributed by atoms with Crippen molar-refractivity contribution in [3.05, 3.63) is 0 Å².